The van der Waals surface area contributed by atoms with Crippen LogP contribution < -0.4 is 0 Å². The highest BCUT2D eigenvalue weighted by Gasteiger charge is 1.89. The zero-order valence-electron chi connectivity index (χ0n) is 7.79. The normalized spacial score (nSPS) is 8.23. The molecule has 0 bridgehead atoms. The first-order chi connectivity index (χ1) is 6.20. The summed E-state index contributed by atoms with van der Waals surface area (Å²) in [6.07, 6.45) is 0. The van der Waals surface area contributed by atoms with Gasteiger partial charge >= 0.3 is 5.97 Å². The average molecular weight is 245 g/mol. The van der Waals surface area contributed by atoms with E-state index in [0.29, 0.717) is 0 Å². The molecule has 0 heterocycles. The standard InChI is InChI=1S/C7H8.C3H5BrO2/c1-7-5-3-2-4-6-7;1-6-3(5)2-4/h2-6H,1H3;2H2,1H3. The SMILES string of the molecule is COC(=O)CBr.Cc1ccccc1. The van der Waals surface area contributed by atoms with E-state index in [9.17, 15) is 4.79 Å². The lowest BCUT2D eigenvalue weighted by Gasteiger charge is -1.86. The molecule has 0 amide bonds. The maximum Gasteiger partial charge on any atom is 0.316 e. The number of alkyl halides is 1. The minimum atomic E-state index is -0.241. The summed E-state index contributed by atoms with van der Waals surface area (Å²) in [6.45, 7) is 2.08. The van der Waals surface area contributed by atoms with Crippen LogP contribution in [0, 0.1) is 6.92 Å². The lowest BCUT2D eigenvalue weighted by atomic mass is 10.2. The molecule has 0 radical (unpaired) electrons. The molecule has 0 aliphatic rings. The molecule has 13 heavy (non-hydrogen) atoms. The lowest BCUT2D eigenvalue weighted by molar-refractivity contribution is -0.137. The number of benzene rings is 1. The largest absolute Gasteiger partial charge is 0.468 e. The first kappa shape index (κ1) is 12.2. The third-order valence-electron chi connectivity index (χ3n) is 1.28. The molecular formula is C10H13BrO2. The Morgan fingerprint density at radius 1 is 1.38 bits per heavy atom. The number of aryl methyl sites for hydroxylation is 1. The quantitative estimate of drug-likeness (QED) is 0.561. The van der Waals surface area contributed by atoms with Crippen molar-refractivity contribution in [3.05, 3.63) is 35.9 Å². The molecule has 0 atom stereocenters. The van der Waals surface area contributed by atoms with Gasteiger partial charge in [0.05, 0.1) is 7.11 Å². The fourth-order valence-electron chi connectivity index (χ4n) is 0.589. The number of esters is 1. The summed E-state index contributed by atoms with van der Waals surface area (Å²) in [4.78, 5) is 9.91. The second-order valence-electron chi connectivity index (χ2n) is 2.36. The van der Waals surface area contributed by atoms with E-state index in [1.165, 1.54) is 12.7 Å². The Morgan fingerprint density at radius 3 is 2.08 bits per heavy atom. The van der Waals surface area contributed by atoms with Crippen LogP contribution in [0.3, 0.4) is 0 Å². The average Bonchev–Trinajstić information content (AvgIpc) is 2.19. The molecule has 0 saturated carbocycles. The molecule has 1 aromatic carbocycles. The Morgan fingerprint density at radius 2 is 1.92 bits per heavy atom. The molecule has 1 aromatic rings. The summed E-state index contributed by atoms with van der Waals surface area (Å²) < 4.78 is 4.21. The van der Waals surface area contributed by atoms with E-state index >= 15 is 0 Å². The van der Waals surface area contributed by atoms with Gasteiger partial charge in [-0.25, -0.2) is 0 Å². The van der Waals surface area contributed by atoms with Crippen molar-refractivity contribution in [2.75, 3.05) is 12.4 Å². The van der Waals surface area contributed by atoms with Crippen molar-refractivity contribution >= 4 is 21.9 Å². The molecule has 2 nitrogen and oxygen atoms in total. The Kier molecular flexibility index (Phi) is 7.30. The molecule has 0 unspecified atom stereocenters. The van der Waals surface area contributed by atoms with Crippen LogP contribution in [0.15, 0.2) is 30.3 Å². The maximum atomic E-state index is 9.91. The first-order valence-corrected chi connectivity index (χ1v) is 4.97. The van der Waals surface area contributed by atoms with Crippen LogP contribution in [0.4, 0.5) is 0 Å². The molecule has 3 heteroatoms. The van der Waals surface area contributed by atoms with E-state index in [1.54, 1.807) is 0 Å². The van der Waals surface area contributed by atoms with Crippen molar-refractivity contribution in [3.8, 4) is 0 Å². The van der Waals surface area contributed by atoms with Crippen LogP contribution in [0.2, 0.25) is 0 Å². The van der Waals surface area contributed by atoms with Crippen LogP contribution in [0.5, 0.6) is 0 Å². The first-order valence-electron chi connectivity index (χ1n) is 3.85. The summed E-state index contributed by atoms with van der Waals surface area (Å²) in [5.74, 6) is -0.241. The van der Waals surface area contributed by atoms with Gasteiger partial charge in [-0.2, -0.15) is 0 Å². The molecule has 0 aromatic heterocycles. The third-order valence-corrected chi connectivity index (χ3v) is 1.74. The summed E-state index contributed by atoms with van der Waals surface area (Å²) >= 11 is 2.90. The van der Waals surface area contributed by atoms with Gasteiger partial charge in [0.15, 0.2) is 0 Å². The number of rotatable bonds is 1. The number of ether oxygens (including phenoxy) is 1. The second kappa shape index (κ2) is 7.80. The van der Waals surface area contributed by atoms with E-state index < -0.39 is 0 Å². The Labute approximate surface area is 87.0 Å². The fourth-order valence-corrected chi connectivity index (χ4v) is 0.818. The molecule has 0 aliphatic heterocycles. The minimum absolute atomic E-state index is 0.241. The van der Waals surface area contributed by atoms with Crippen molar-refractivity contribution < 1.29 is 9.53 Å². The molecule has 72 valence electrons. The maximum absolute atomic E-state index is 9.91. The molecule has 0 fully saturated rings. The third kappa shape index (κ3) is 7.53. The zero-order valence-corrected chi connectivity index (χ0v) is 9.37. The molecule has 0 N–H and O–H groups in total. The number of methoxy groups -OCH3 is 1. The summed E-state index contributed by atoms with van der Waals surface area (Å²) in [6, 6.07) is 10.3. The van der Waals surface area contributed by atoms with Gasteiger partial charge in [0, 0.05) is 0 Å². The van der Waals surface area contributed by atoms with E-state index in [1.807, 2.05) is 18.2 Å². The Hall–Kier alpha value is -0.830. The summed E-state index contributed by atoms with van der Waals surface area (Å²) in [5.41, 5.74) is 1.32. The van der Waals surface area contributed by atoms with Crippen LogP contribution in [-0.2, 0) is 9.53 Å². The van der Waals surface area contributed by atoms with Gasteiger partial charge in [0.25, 0.3) is 0 Å². The Bertz CT molecular complexity index is 228. The molecule has 0 aliphatic carbocycles. The molecule has 0 saturated heterocycles. The lowest BCUT2D eigenvalue weighted by Crippen LogP contribution is -1.99. The Balaban J connectivity index is 0.000000226. The molecular weight excluding hydrogens is 232 g/mol. The van der Waals surface area contributed by atoms with Crippen LogP contribution in [0.25, 0.3) is 0 Å². The topological polar surface area (TPSA) is 26.3 Å². The monoisotopic (exact) mass is 244 g/mol. The number of carbonyl (C=O) groups excluding carboxylic acids is 1. The number of hydrogen-bond acceptors (Lipinski definition) is 2. The summed E-state index contributed by atoms with van der Waals surface area (Å²) in [5, 5.41) is 0.281. The van der Waals surface area contributed by atoms with Gasteiger partial charge in [0.1, 0.15) is 5.33 Å². The highest BCUT2D eigenvalue weighted by atomic mass is 79.9. The van der Waals surface area contributed by atoms with Crippen molar-refractivity contribution in [1.29, 1.82) is 0 Å². The predicted molar refractivity (Wildman–Crippen MR) is 57.0 cm³/mol. The minimum Gasteiger partial charge on any atom is -0.468 e. The van der Waals surface area contributed by atoms with Crippen molar-refractivity contribution in [2.45, 2.75) is 6.92 Å². The van der Waals surface area contributed by atoms with Gasteiger partial charge in [-0.3, -0.25) is 4.79 Å². The van der Waals surface area contributed by atoms with Crippen molar-refractivity contribution in [3.63, 3.8) is 0 Å². The fraction of sp³-hybridized carbons (Fsp3) is 0.300. The number of halogens is 1. The van der Waals surface area contributed by atoms with Crippen molar-refractivity contribution in [1.82, 2.24) is 0 Å². The van der Waals surface area contributed by atoms with E-state index in [0.717, 1.165) is 0 Å². The van der Waals surface area contributed by atoms with Crippen LogP contribution >= 0.6 is 15.9 Å². The van der Waals surface area contributed by atoms with Gasteiger partial charge in [0.2, 0.25) is 0 Å². The van der Waals surface area contributed by atoms with Gasteiger partial charge in [-0.05, 0) is 6.92 Å². The second-order valence-corrected chi connectivity index (χ2v) is 2.93. The van der Waals surface area contributed by atoms with Crippen LogP contribution in [-0.4, -0.2) is 18.4 Å². The number of hydrogen-bond donors (Lipinski definition) is 0. The predicted octanol–water partition coefficient (Wildman–Crippen LogP) is 2.55. The van der Waals surface area contributed by atoms with Crippen molar-refractivity contribution in [2.24, 2.45) is 0 Å². The number of carbonyl (C=O) groups is 1. The van der Waals surface area contributed by atoms with Crippen LogP contribution in [0.1, 0.15) is 5.56 Å². The zero-order chi connectivity index (χ0) is 10.1. The molecule has 1 rings (SSSR count). The van der Waals surface area contributed by atoms with E-state index in [2.05, 4.69) is 39.7 Å². The smallest absolute Gasteiger partial charge is 0.316 e. The highest BCUT2D eigenvalue weighted by molar-refractivity contribution is 9.09. The molecule has 0 spiro atoms. The highest BCUT2D eigenvalue weighted by Crippen LogP contribution is 1.92. The van der Waals surface area contributed by atoms with Gasteiger partial charge < -0.3 is 4.74 Å². The van der Waals surface area contributed by atoms with Gasteiger partial charge in [-0.15, -0.1) is 0 Å². The van der Waals surface area contributed by atoms with Gasteiger partial charge in [-0.1, -0.05) is 51.8 Å². The van der Waals surface area contributed by atoms with E-state index in [4.69, 9.17) is 0 Å². The summed E-state index contributed by atoms with van der Waals surface area (Å²) in [7, 11) is 1.35. The van der Waals surface area contributed by atoms with E-state index in [-0.39, 0.29) is 11.3 Å².